The Labute approximate surface area is 123 Å². The van der Waals surface area contributed by atoms with E-state index in [4.69, 9.17) is 9.47 Å². The van der Waals surface area contributed by atoms with Gasteiger partial charge in [0.2, 0.25) is 5.82 Å². The van der Waals surface area contributed by atoms with Gasteiger partial charge in [-0.15, -0.1) is 10.2 Å². The van der Waals surface area contributed by atoms with Crippen molar-refractivity contribution in [2.24, 2.45) is 0 Å². The fourth-order valence-electron chi connectivity index (χ4n) is 2.09. The van der Waals surface area contributed by atoms with E-state index >= 15 is 0 Å². The Hall–Kier alpha value is -1.80. The summed E-state index contributed by atoms with van der Waals surface area (Å²) in [6, 6.07) is 0. The van der Waals surface area contributed by atoms with Crippen molar-refractivity contribution in [2.45, 2.75) is 19.8 Å². The zero-order chi connectivity index (χ0) is 14.9. The third-order valence-corrected chi connectivity index (χ3v) is 3.05. The van der Waals surface area contributed by atoms with Gasteiger partial charge in [-0.1, -0.05) is 13.0 Å². The maximum absolute atomic E-state index is 11.7. The quantitative estimate of drug-likeness (QED) is 0.543. The number of carbonyl (C=O) groups excluding carboxylic acids is 1. The molecule has 8 nitrogen and oxygen atoms in total. The van der Waals surface area contributed by atoms with Crippen LogP contribution in [0.3, 0.4) is 0 Å². The van der Waals surface area contributed by atoms with Crippen LogP contribution in [0, 0.1) is 0 Å². The van der Waals surface area contributed by atoms with Gasteiger partial charge in [0.15, 0.2) is 0 Å². The second kappa shape index (κ2) is 8.48. The van der Waals surface area contributed by atoms with Gasteiger partial charge in [0.25, 0.3) is 0 Å². The standard InChI is InChI=1S/C13H21N5O3/c1-2-6-20-7-8-21-12(19)10-18-5-3-4-11(9-18)13-14-16-17-15-13/h4H,2-3,5-10H2,1H3,(H,14,15,16,17). The first-order valence-corrected chi connectivity index (χ1v) is 7.18. The van der Waals surface area contributed by atoms with Crippen LogP contribution in [0.5, 0.6) is 0 Å². The van der Waals surface area contributed by atoms with Crippen molar-refractivity contribution >= 4 is 11.5 Å². The minimum atomic E-state index is -0.232. The molecule has 0 fully saturated rings. The van der Waals surface area contributed by atoms with Gasteiger partial charge >= 0.3 is 5.97 Å². The van der Waals surface area contributed by atoms with Crippen LogP contribution >= 0.6 is 0 Å². The highest BCUT2D eigenvalue weighted by molar-refractivity contribution is 5.72. The van der Waals surface area contributed by atoms with Gasteiger partial charge in [-0.2, -0.15) is 5.21 Å². The number of ether oxygens (including phenoxy) is 2. The number of H-pyrrole nitrogens is 1. The van der Waals surface area contributed by atoms with Crippen molar-refractivity contribution in [3.63, 3.8) is 0 Å². The summed E-state index contributed by atoms with van der Waals surface area (Å²) in [6.45, 7) is 5.21. The molecule has 0 amide bonds. The van der Waals surface area contributed by atoms with Gasteiger partial charge in [0.1, 0.15) is 6.61 Å². The lowest BCUT2D eigenvalue weighted by Gasteiger charge is -2.24. The van der Waals surface area contributed by atoms with Crippen LogP contribution in [0.25, 0.3) is 5.57 Å². The number of hydrogen-bond acceptors (Lipinski definition) is 7. The highest BCUT2D eigenvalue weighted by atomic mass is 16.6. The lowest BCUT2D eigenvalue weighted by atomic mass is 10.1. The SMILES string of the molecule is CCCOCCOC(=O)CN1CCC=C(c2nn[nH]n2)C1. The molecule has 0 unspecified atom stereocenters. The molecule has 0 radical (unpaired) electrons. The van der Waals surface area contributed by atoms with Crippen LogP contribution in [0.2, 0.25) is 0 Å². The van der Waals surface area contributed by atoms with Gasteiger partial charge < -0.3 is 9.47 Å². The molecule has 1 aliphatic heterocycles. The molecule has 1 aliphatic rings. The van der Waals surface area contributed by atoms with Crippen molar-refractivity contribution in [2.75, 3.05) is 39.5 Å². The molecular weight excluding hydrogens is 274 g/mol. The number of esters is 1. The number of aromatic amines is 1. The zero-order valence-electron chi connectivity index (χ0n) is 12.2. The smallest absolute Gasteiger partial charge is 0.320 e. The van der Waals surface area contributed by atoms with Crippen LogP contribution in [0.15, 0.2) is 6.08 Å². The maximum Gasteiger partial charge on any atom is 0.320 e. The van der Waals surface area contributed by atoms with E-state index < -0.39 is 0 Å². The largest absolute Gasteiger partial charge is 0.462 e. The Bertz CT molecular complexity index is 460. The molecule has 0 bridgehead atoms. The minimum Gasteiger partial charge on any atom is -0.462 e. The van der Waals surface area contributed by atoms with Crippen LogP contribution in [-0.2, 0) is 14.3 Å². The molecular formula is C13H21N5O3. The van der Waals surface area contributed by atoms with Crippen LogP contribution in [0.1, 0.15) is 25.6 Å². The third kappa shape index (κ3) is 5.24. The van der Waals surface area contributed by atoms with Gasteiger partial charge in [0, 0.05) is 25.3 Å². The Morgan fingerprint density at radius 1 is 1.43 bits per heavy atom. The molecule has 21 heavy (non-hydrogen) atoms. The number of nitrogens with one attached hydrogen (secondary N) is 1. The van der Waals surface area contributed by atoms with Crippen molar-refractivity contribution in [3.8, 4) is 0 Å². The fourth-order valence-corrected chi connectivity index (χ4v) is 2.09. The van der Waals surface area contributed by atoms with E-state index in [1.807, 2.05) is 11.8 Å². The van der Waals surface area contributed by atoms with Crippen molar-refractivity contribution in [3.05, 3.63) is 11.9 Å². The normalized spacial score (nSPS) is 15.8. The summed E-state index contributed by atoms with van der Waals surface area (Å²) in [5.74, 6) is 0.352. The Morgan fingerprint density at radius 2 is 2.33 bits per heavy atom. The van der Waals surface area contributed by atoms with Crippen molar-refractivity contribution in [1.82, 2.24) is 25.5 Å². The molecule has 1 aromatic rings. The van der Waals surface area contributed by atoms with E-state index in [1.165, 1.54) is 0 Å². The van der Waals surface area contributed by atoms with Gasteiger partial charge in [-0.3, -0.25) is 9.69 Å². The second-order valence-corrected chi connectivity index (χ2v) is 4.80. The van der Waals surface area contributed by atoms with Crippen molar-refractivity contribution < 1.29 is 14.3 Å². The number of hydrogen-bond donors (Lipinski definition) is 1. The number of carbonyl (C=O) groups is 1. The molecule has 0 aliphatic carbocycles. The number of rotatable bonds is 8. The average Bonchev–Trinajstić information content (AvgIpc) is 3.01. The molecule has 0 saturated heterocycles. The van der Waals surface area contributed by atoms with E-state index in [0.717, 1.165) is 25.0 Å². The van der Waals surface area contributed by atoms with Crippen LogP contribution in [-0.4, -0.2) is 70.9 Å². The van der Waals surface area contributed by atoms with Crippen molar-refractivity contribution in [1.29, 1.82) is 0 Å². The number of tetrazole rings is 1. The molecule has 0 aromatic carbocycles. The van der Waals surface area contributed by atoms with E-state index in [0.29, 0.717) is 32.2 Å². The summed E-state index contributed by atoms with van der Waals surface area (Å²) < 4.78 is 10.4. The minimum absolute atomic E-state index is 0.232. The molecule has 116 valence electrons. The summed E-state index contributed by atoms with van der Waals surface area (Å²) in [4.78, 5) is 13.8. The van der Waals surface area contributed by atoms with Gasteiger partial charge in [-0.25, -0.2) is 0 Å². The zero-order valence-corrected chi connectivity index (χ0v) is 12.2. The first-order valence-electron chi connectivity index (χ1n) is 7.18. The average molecular weight is 295 g/mol. The molecule has 2 heterocycles. The first kappa shape index (κ1) is 15.6. The fraction of sp³-hybridized carbons (Fsp3) is 0.692. The lowest BCUT2D eigenvalue weighted by molar-refractivity contribution is -0.146. The monoisotopic (exact) mass is 295 g/mol. The lowest BCUT2D eigenvalue weighted by Crippen LogP contribution is -2.35. The Balaban J connectivity index is 1.69. The van der Waals surface area contributed by atoms with E-state index in [2.05, 4.69) is 26.7 Å². The summed E-state index contributed by atoms with van der Waals surface area (Å²) >= 11 is 0. The predicted molar refractivity (Wildman–Crippen MR) is 75.3 cm³/mol. The van der Waals surface area contributed by atoms with Crippen LogP contribution in [0.4, 0.5) is 0 Å². The molecule has 1 N–H and O–H groups in total. The summed E-state index contributed by atoms with van der Waals surface area (Å²) in [5, 5.41) is 13.9. The van der Waals surface area contributed by atoms with E-state index in [9.17, 15) is 4.79 Å². The highest BCUT2D eigenvalue weighted by Crippen LogP contribution is 2.16. The number of nitrogens with zero attached hydrogens (tertiary/aromatic N) is 4. The topological polar surface area (TPSA) is 93.2 Å². The van der Waals surface area contributed by atoms with Gasteiger partial charge in [-0.05, 0) is 18.1 Å². The molecule has 0 spiro atoms. The summed E-state index contributed by atoms with van der Waals surface area (Å²) in [6.07, 6.45) is 3.90. The predicted octanol–water partition coefficient (Wildman–Crippen LogP) is 0.259. The molecule has 2 rings (SSSR count). The summed E-state index contributed by atoms with van der Waals surface area (Å²) in [7, 11) is 0. The molecule has 0 saturated carbocycles. The first-order chi connectivity index (χ1) is 10.3. The Morgan fingerprint density at radius 3 is 3.10 bits per heavy atom. The summed E-state index contributed by atoms with van der Waals surface area (Å²) in [5.41, 5.74) is 0.981. The van der Waals surface area contributed by atoms with Crippen LogP contribution < -0.4 is 0 Å². The molecule has 0 atom stereocenters. The van der Waals surface area contributed by atoms with E-state index in [-0.39, 0.29) is 12.5 Å². The number of aromatic nitrogens is 4. The molecule has 8 heteroatoms. The highest BCUT2D eigenvalue weighted by Gasteiger charge is 2.19. The van der Waals surface area contributed by atoms with Gasteiger partial charge in [0.05, 0.1) is 13.2 Å². The van der Waals surface area contributed by atoms with E-state index in [1.54, 1.807) is 0 Å². The second-order valence-electron chi connectivity index (χ2n) is 4.80. The Kier molecular flexibility index (Phi) is 6.29. The molecule has 1 aromatic heterocycles. The maximum atomic E-state index is 11.7. The third-order valence-electron chi connectivity index (χ3n) is 3.05.